The van der Waals surface area contributed by atoms with Crippen molar-refractivity contribution in [3.63, 3.8) is 0 Å². The Kier molecular flexibility index (Phi) is 8.32. The average Bonchev–Trinajstić information content (AvgIpc) is 3.04. The summed E-state index contributed by atoms with van der Waals surface area (Å²) in [5.74, 6) is 2.51. The Morgan fingerprint density at radius 2 is 1.44 bits per heavy atom. The summed E-state index contributed by atoms with van der Waals surface area (Å²) in [7, 11) is 4.05. The number of nitrogens with one attached hydrogen (secondary N) is 1. The van der Waals surface area contributed by atoms with Gasteiger partial charge in [0.25, 0.3) is 5.91 Å². The van der Waals surface area contributed by atoms with E-state index < -0.39 is 0 Å². The number of nitrogens with zero attached hydrogens (tertiary/aromatic N) is 3. The summed E-state index contributed by atoms with van der Waals surface area (Å²) in [5.41, 5.74) is 2.91. The van der Waals surface area contributed by atoms with E-state index in [2.05, 4.69) is 22.3 Å². The minimum absolute atomic E-state index is 0.172. The smallest absolute Gasteiger partial charge is 0.251 e. The lowest BCUT2D eigenvalue weighted by atomic mass is 9.79. The van der Waals surface area contributed by atoms with Gasteiger partial charge in [-0.2, -0.15) is 0 Å². The fourth-order valence-electron chi connectivity index (χ4n) is 6.58. The number of fused-ring (bicyclic) bond motifs is 3. The second kappa shape index (κ2) is 12.5. The molecule has 6 rings (SSSR count). The lowest BCUT2D eigenvalue weighted by Gasteiger charge is -2.28. The zero-order valence-corrected chi connectivity index (χ0v) is 24.9. The molecule has 0 spiro atoms. The number of anilines is 1. The molecule has 1 heterocycles. The largest absolute Gasteiger partial charge is 0.362 e. The predicted molar refractivity (Wildman–Crippen MR) is 169 cm³/mol. The number of amides is 1. The first-order valence-electron chi connectivity index (χ1n) is 15.4. The molecule has 2 aliphatic rings. The molecule has 1 N–H and O–H groups in total. The Bertz CT molecular complexity index is 1690. The Morgan fingerprint density at radius 3 is 2.19 bits per heavy atom. The number of carbonyl (C=O) groups excluding carboxylic acids is 3. The molecule has 220 valence electrons. The number of rotatable bonds is 9. The Labute approximate surface area is 252 Å². The molecule has 1 saturated carbocycles. The summed E-state index contributed by atoms with van der Waals surface area (Å²) in [6, 6.07) is 19.9. The van der Waals surface area contributed by atoms with Crippen LogP contribution in [0.3, 0.4) is 0 Å². The van der Waals surface area contributed by atoms with E-state index in [0.29, 0.717) is 40.3 Å². The summed E-state index contributed by atoms with van der Waals surface area (Å²) >= 11 is 0. The molecule has 7 heteroatoms. The van der Waals surface area contributed by atoms with E-state index in [9.17, 15) is 14.4 Å². The molecule has 0 saturated heterocycles. The SMILES string of the molecule is CN(C)c1nc(CCCCC2CCC(CNC(=O)c3ccc4c(c3)C(=O)c3ccccc3C4=O)CC2)nc2ccccc12. The van der Waals surface area contributed by atoms with Crippen molar-refractivity contribution < 1.29 is 14.4 Å². The highest BCUT2D eigenvalue weighted by Gasteiger charge is 2.30. The standard InChI is InChI=1S/C36H38N4O3/c1-40(2)35-29-12-6-7-13-31(29)38-32(39-35)14-8-3-9-23-15-17-24(18-16-23)22-37-36(43)25-19-20-28-30(21-25)34(42)27-11-5-4-10-26(27)33(28)41/h4-7,10-13,19-21,23-24H,3,8-9,14-18,22H2,1-2H3,(H,37,43). The van der Waals surface area contributed by atoms with Gasteiger partial charge in [-0.3, -0.25) is 14.4 Å². The number of carbonyl (C=O) groups is 3. The van der Waals surface area contributed by atoms with Crippen LogP contribution in [0, 0.1) is 11.8 Å². The van der Waals surface area contributed by atoms with E-state index in [1.807, 2.05) is 26.2 Å². The molecule has 1 aromatic heterocycles. The molecule has 1 amide bonds. The van der Waals surface area contributed by atoms with Crippen LogP contribution in [-0.2, 0) is 6.42 Å². The lowest BCUT2D eigenvalue weighted by molar-refractivity contribution is 0.0939. The molecule has 43 heavy (non-hydrogen) atoms. The van der Waals surface area contributed by atoms with Gasteiger partial charge in [0.15, 0.2) is 11.6 Å². The molecular formula is C36H38N4O3. The summed E-state index contributed by atoms with van der Waals surface area (Å²) in [4.78, 5) is 50.6. The zero-order chi connectivity index (χ0) is 29.9. The van der Waals surface area contributed by atoms with E-state index in [0.717, 1.165) is 54.1 Å². The molecule has 0 unspecified atom stereocenters. The topological polar surface area (TPSA) is 92.3 Å². The highest BCUT2D eigenvalue weighted by molar-refractivity contribution is 6.28. The maximum atomic E-state index is 13.0. The van der Waals surface area contributed by atoms with Crippen LogP contribution >= 0.6 is 0 Å². The third-order valence-corrected chi connectivity index (χ3v) is 9.02. The third kappa shape index (κ3) is 6.07. The van der Waals surface area contributed by atoms with Crippen molar-refractivity contribution >= 4 is 34.2 Å². The Balaban J connectivity index is 0.950. The van der Waals surface area contributed by atoms with Crippen LogP contribution in [0.4, 0.5) is 5.82 Å². The molecule has 2 aliphatic carbocycles. The van der Waals surface area contributed by atoms with Crippen molar-refractivity contribution in [2.45, 2.75) is 51.4 Å². The molecule has 0 radical (unpaired) electrons. The highest BCUT2D eigenvalue weighted by Crippen LogP contribution is 2.32. The fourth-order valence-corrected chi connectivity index (χ4v) is 6.58. The summed E-state index contributed by atoms with van der Waals surface area (Å²) < 4.78 is 0. The second-order valence-corrected chi connectivity index (χ2v) is 12.2. The van der Waals surface area contributed by atoms with Crippen molar-refractivity contribution in [2.75, 3.05) is 25.5 Å². The third-order valence-electron chi connectivity index (χ3n) is 9.02. The lowest BCUT2D eigenvalue weighted by Crippen LogP contribution is -2.31. The Hall–Kier alpha value is -4.39. The van der Waals surface area contributed by atoms with Gasteiger partial charge < -0.3 is 10.2 Å². The van der Waals surface area contributed by atoms with E-state index in [1.54, 1.807) is 42.5 Å². The minimum atomic E-state index is -0.207. The number of para-hydroxylation sites is 1. The van der Waals surface area contributed by atoms with Gasteiger partial charge in [-0.25, -0.2) is 9.97 Å². The fraction of sp³-hybridized carbons (Fsp3) is 0.361. The van der Waals surface area contributed by atoms with E-state index in [4.69, 9.17) is 9.97 Å². The van der Waals surface area contributed by atoms with Gasteiger partial charge in [-0.1, -0.05) is 62.1 Å². The van der Waals surface area contributed by atoms with Gasteiger partial charge in [0.1, 0.15) is 11.6 Å². The minimum Gasteiger partial charge on any atom is -0.362 e. The van der Waals surface area contributed by atoms with Crippen molar-refractivity contribution in [3.8, 4) is 0 Å². The molecule has 7 nitrogen and oxygen atoms in total. The summed E-state index contributed by atoms with van der Waals surface area (Å²) in [5, 5.41) is 4.17. The number of benzene rings is 3. The van der Waals surface area contributed by atoms with Crippen LogP contribution in [0.5, 0.6) is 0 Å². The van der Waals surface area contributed by atoms with E-state index in [1.165, 1.54) is 25.7 Å². The predicted octanol–water partition coefficient (Wildman–Crippen LogP) is 6.42. The van der Waals surface area contributed by atoms with Gasteiger partial charge in [-0.15, -0.1) is 0 Å². The highest BCUT2D eigenvalue weighted by atomic mass is 16.2. The number of aryl methyl sites for hydroxylation is 1. The molecular weight excluding hydrogens is 536 g/mol. The summed E-state index contributed by atoms with van der Waals surface area (Å²) in [6.45, 7) is 0.631. The average molecular weight is 575 g/mol. The van der Waals surface area contributed by atoms with Crippen LogP contribution in [0.25, 0.3) is 10.9 Å². The molecule has 4 aromatic rings. The maximum Gasteiger partial charge on any atom is 0.251 e. The van der Waals surface area contributed by atoms with Crippen molar-refractivity contribution in [3.05, 3.63) is 100 Å². The number of hydrogen-bond donors (Lipinski definition) is 1. The molecule has 1 fully saturated rings. The zero-order valence-electron chi connectivity index (χ0n) is 24.9. The molecule has 0 aliphatic heterocycles. The normalized spacial score (nSPS) is 17.8. The monoisotopic (exact) mass is 574 g/mol. The van der Waals surface area contributed by atoms with Crippen LogP contribution in [0.1, 0.15) is 93.0 Å². The first-order chi connectivity index (χ1) is 20.9. The van der Waals surface area contributed by atoms with Crippen LogP contribution in [-0.4, -0.2) is 48.1 Å². The van der Waals surface area contributed by atoms with Gasteiger partial charge >= 0.3 is 0 Å². The first-order valence-corrected chi connectivity index (χ1v) is 15.4. The molecule has 0 atom stereocenters. The van der Waals surface area contributed by atoms with Crippen LogP contribution in [0.15, 0.2) is 66.7 Å². The number of ketones is 2. The Morgan fingerprint density at radius 1 is 0.791 bits per heavy atom. The van der Waals surface area contributed by atoms with E-state index in [-0.39, 0.29) is 17.5 Å². The van der Waals surface area contributed by atoms with Crippen molar-refractivity contribution in [2.24, 2.45) is 11.8 Å². The second-order valence-electron chi connectivity index (χ2n) is 12.2. The van der Waals surface area contributed by atoms with E-state index >= 15 is 0 Å². The van der Waals surface area contributed by atoms with Gasteiger partial charge in [0.2, 0.25) is 0 Å². The maximum absolute atomic E-state index is 13.0. The number of aromatic nitrogens is 2. The van der Waals surface area contributed by atoms with Crippen LogP contribution < -0.4 is 10.2 Å². The molecule has 0 bridgehead atoms. The first kappa shape index (κ1) is 28.7. The molecule has 3 aromatic carbocycles. The van der Waals surface area contributed by atoms with Crippen molar-refractivity contribution in [1.82, 2.24) is 15.3 Å². The van der Waals surface area contributed by atoms with Gasteiger partial charge in [0.05, 0.1) is 5.52 Å². The van der Waals surface area contributed by atoms with Crippen LogP contribution in [0.2, 0.25) is 0 Å². The van der Waals surface area contributed by atoms with Gasteiger partial charge in [0, 0.05) is 60.3 Å². The van der Waals surface area contributed by atoms with Crippen molar-refractivity contribution in [1.29, 1.82) is 0 Å². The van der Waals surface area contributed by atoms with Gasteiger partial charge in [-0.05, 0) is 61.4 Å². The number of unbranched alkanes of at least 4 members (excludes halogenated alkanes) is 1. The summed E-state index contributed by atoms with van der Waals surface area (Å²) in [6.07, 6.45) is 8.96. The number of hydrogen-bond acceptors (Lipinski definition) is 6. The quantitative estimate of drug-likeness (QED) is 0.204.